The minimum Gasteiger partial charge on any atom is -0.477 e. The van der Waals surface area contributed by atoms with Crippen LogP contribution in [0.4, 0.5) is 5.13 Å². The maximum absolute atomic E-state index is 12.9. The van der Waals surface area contributed by atoms with Crippen LogP contribution >= 0.6 is 23.1 Å². The van der Waals surface area contributed by atoms with Crippen LogP contribution in [0, 0.1) is 5.92 Å². The zero-order valence-electron chi connectivity index (χ0n) is 16.7. The minimum atomic E-state index is -1.18. The molecule has 3 aliphatic rings. The number of carbonyl (C=O) groups excluding carboxylic acids is 2. The number of hydrogen-bond donors (Lipinski definition) is 3. The average molecular weight is 468 g/mol. The second-order valence-electron chi connectivity index (χ2n) is 7.29. The first-order chi connectivity index (χ1) is 14.8. The van der Waals surface area contributed by atoms with Crippen molar-refractivity contribution in [1.29, 1.82) is 0 Å². The van der Waals surface area contributed by atoms with Gasteiger partial charge in [-0.2, -0.15) is 0 Å². The van der Waals surface area contributed by atoms with E-state index in [0.29, 0.717) is 17.9 Å². The van der Waals surface area contributed by atoms with Crippen molar-refractivity contribution >= 4 is 51.7 Å². The molecule has 0 aromatic carbocycles. The lowest BCUT2D eigenvalue weighted by Crippen LogP contribution is -2.71. The average Bonchev–Trinajstić information content (AvgIpc) is 3.36. The smallest absolute Gasteiger partial charge is 0.352 e. The summed E-state index contributed by atoms with van der Waals surface area (Å²) in [5.41, 5.74) is 6.29. The standard InChI is InChI=1S/C18H21N5O6S2/c1-7-3-4-29-13(7)8-5-30-16-11(15(25)23(16)12(8)17(26)27)21-14(24)10(22-28-2)9-6-31-18(19)20-9/h6-7,11,13,16H,3-5H2,1-2H3,(H2,19,20)(H,21,24)(H,26,27)/t7-,11-,13+,16-/m1/s1. The molecule has 4 N–H and O–H groups in total. The van der Waals surface area contributed by atoms with Crippen molar-refractivity contribution < 1.29 is 29.1 Å². The SMILES string of the molecule is CON=C(C(=O)N[C@@H]1C(=O)N2C(C(=O)O)=C([C@H]3OCC[C@H]3C)CS[C@H]12)c1csc(N)n1. The number of nitrogens with one attached hydrogen (secondary N) is 1. The van der Waals surface area contributed by atoms with Crippen molar-refractivity contribution in [2.24, 2.45) is 11.1 Å². The van der Waals surface area contributed by atoms with E-state index in [-0.39, 0.29) is 34.3 Å². The van der Waals surface area contributed by atoms with Crippen molar-refractivity contribution in [1.82, 2.24) is 15.2 Å². The fraction of sp³-hybridized carbons (Fsp3) is 0.500. The van der Waals surface area contributed by atoms with Gasteiger partial charge in [0.15, 0.2) is 10.8 Å². The molecule has 4 heterocycles. The van der Waals surface area contributed by atoms with Gasteiger partial charge in [-0.25, -0.2) is 9.78 Å². The lowest BCUT2D eigenvalue weighted by Gasteiger charge is -2.50. The molecule has 13 heteroatoms. The van der Waals surface area contributed by atoms with Gasteiger partial charge in [-0.3, -0.25) is 14.5 Å². The van der Waals surface area contributed by atoms with E-state index < -0.39 is 29.2 Å². The van der Waals surface area contributed by atoms with Crippen molar-refractivity contribution in [2.75, 3.05) is 25.2 Å². The van der Waals surface area contributed by atoms with Gasteiger partial charge in [-0.05, 0) is 17.9 Å². The minimum absolute atomic E-state index is 0.0453. The van der Waals surface area contributed by atoms with E-state index in [9.17, 15) is 19.5 Å². The molecule has 2 saturated heterocycles. The molecule has 11 nitrogen and oxygen atoms in total. The summed E-state index contributed by atoms with van der Waals surface area (Å²) in [6, 6.07) is -0.895. The number of β-lactam (4-membered cyclic amide) rings is 1. The summed E-state index contributed by atoms with van der Waals surface area (Å²) in [5, 5.41) is 17.4. The molecule has 2 fully saturated rings. The van der Waals surface area contributed by atoms with Crippen molar-refractivity contribution in [3.05, 3.63) is 22.3 Å². The molecular formula is C18H21N5O6S2. The lowest BCUT2D eigenvalue weighted by atomic mass is 9.94. The third-order valence-corrected chi connectivity index (χ3v) is 7.36. The Labute approximate surface area is 185 Å². The molecule has 4 rings (SSSR count). The highest BCUT2D eigenvalue weighted by molar-refractivity contribution is 8.00. The molecule has 0 saturated carbocycles. The number of nitrogens with two attached hydrogens (primary N) is 1. The number of carboxylic acids is 1. The number of hydrogen-bond acceptors (Lipinski definition) is 10. The van der Waals surface area contributed by atoms with Gasteiger partial charge in [-0.1, -0.05) is 12.1 Å². The maximum atomic E-state index is 12.9. The highest BCUT2D eigenvalue weighted by atomic mass is 32.2. The number of thioether (sulfide) groups is 1. The van der Waals surface area contributed by atoms with E-state index in [2.05, 4.69) is 15.5 Å². The Balaban J connectivity index is 1.54. The van der Waals surface area contributed by atoms with Crippen LogP contribution in [-0.2, 0) is 24.0 Å². The van der Waals surface area contributed by atoms with Crippen LogP contribution in [0.1, 0.15) is 19.0 Å². The van der Waals surface area contributed by atoms with Gasteiger partial charge in [-0.15, -0.1) is 23.1 Å². The molecule has 0 aliphatic carbocycles. The van der Waals surface area contributed by atoms with E-state index >= 15 is 0 Å². The molecule has 4 atom stereocenters. The molecule has 31 heavy (non-hydrogen) atoms. The third kappa shape index (κ3) is 3.77. The predicted molar refractivity (Wildman–Crippen MR) is 113 cm³/mol. The van der Waals surface area contributed by atoms with Gasteiger partial charge in [0.25, 0.3) is 11.8 Å². The highest BCUT2D eigenvalue weighted by Crippen LogP contribution is 2.43. The van der Waals surface area contributed by atoms with Crippen molar-refractivity contribution in [3.63, 3.8) is 0 Å². The number of oxime groups is 1. The van der Waals surface area contributed by atoms with Gasteiger partial charge < -0.3 is 25.7 Å². The molecule has 166 valence electrons. The zero-order chi connectivity index (χ0) is 22.3. The number of fused-ring (bicyclic) bond motifs is 1. The van der Waals surface area contributed by atoms with E-state index in [1.165, 1.54) is 23.8 Å². The number of nitrogen functional groups attached to an aromatic ring is 1. The molecule has 0 radical (unpaired) electrons. The summed E-state index contributed by atoms with van der Waals surface area (Å²) in [7, 11) is 1.29. The van der Waals surface area contributed by atoms with Crippen LogP contribution < -0.4 is 11.1 Å². The van der Waals surface area contributed by atoms with Crippen LogP contribution in [-0.4, -0.2) is 75.5 Å². The second kappa shape index (κ2) is 8.48. The molecule has 0 spiro atoms. The summed E-state index contributed by atoms with van der Waals surface area (Å²) in [6.45, 7) is 2.56. The number of ether oxygens (including phenoxy) is 1. The monoisotopic (exact) mass is 467 g/mol. The second-order valence-corrected chi connectivity index (χ2v) is 9.29. The van der Waals surface area contributed by atoms with E-state index in [1.807, 2.05) is 6.92 Å². The highest BCUT2D eigenvalue weighted by Gasteiger charge is 2.55. The number of nitrogens with zero attached hydrogens (tertiary/aromatic N) is 3. The summed E-state index contributed by atoms with van der Waals surface area (Å²) in [5.74, 6) is -1.77. The lowest BCUT2D eigenvalue weighted by molar-refractivity contribution is -0.150. The number of aliphatic carboxylic acids is 1. The molecule has 2 amide bonds. The number of rotatable bonds is 6. The van der Waals surface area contributed by atoms with Crippen LogP contribution in [0.15, 0.2) is 21.8 Å². The summed E-state index contributed by atoms with van der Waals surface area (Å²) < 4.78 is 5.74. The number of anilines is 1. The van der Waals surface area contributed by atoms with Gasteiger partial charge in [0, 0.05) is 17.7 Å². The van der Waals surface area contributed by atoms with Crippen molar-refractivity contribution in [2.45, 2.75) is 30.9 Å². The summed E-state index contributed by atoms with van der Waals surface area (Å²) in [4.78, 5) is 47.6. The van der Waals surface area contributed by atoms with Crippen LogP contribution in [0.3, 0.4) is 0 Å². The number of amides is 2. The quantitative estimate of drug-likeness (QED) is 0.303. The van der Waals surface area contributed by atoms with Gasteiger partial charge in [0.1, 0.15) is 29.9 Å². The summed E-state index contributed by atoms with van der Waals surface area (Å²) >= 11 is 2.53. The summed E-state index contributed by atoms with van der Waals surface area (Å²) in [6.07, 6.45) is 0.515. The topological polar surface area (TPSA) is 156 Å². The largest absolute Gasteiger partial charge is 0.477 e. The van der Waals surface area contributed by atoms with Crippen LogP contribution in [0.5, 0.6) is 0 Å². The number of carbonyl (C=O) groups is 3. The Morgan fingerprint density at radius 3 is 2.84 bits per heavy atom. The number of aromatic nitrogens is 1. The van der Waals surface area contributed by atoms with Gasteiger partial charge in [0.05, 0.1) is 6.10 Å². The first-order valence-electron chi connectivity index (χ1n) is 9.49. The van der Waals surface area contributed by atoms with E-state index in [4.69, 9.17) is 15.3 Å². The molecule has 0 bridgehead atoms. The van der Waals surface area contributed by atoms with Crippen molar-refractivity contribution in [3.8, 4) is 0 Å². The fourth-order valence-electron chi connectivity index (χ4n) is 3.90. The van der Waals surface area contributed by atoms with E-state index in [0.717, 1.165) is 17.8 Å². The Morgan fingerprint density at radius 2 is 2.26 bits per heavy atom. The maximum Gasteiger partial charge on any atom is 0.352 e. The molecule has 0 unspecified atom stereocenters. The van der Waals surface area contributed by atoms with Crippen LogP contribution in [0.25, 0.3) is 0 Å². The fourth-order valence-corrected chi connectivity index (χ4v) is 5.84. The Bertz CT molecular complexity index is 992. The number of carboxylic acid groups (broad SMARTS) is 1. The molecule has 1 aromatic rings. The molecule has 3 aliphatic heterocycles. The van der Waals surface area contributed by atoms with Gasteiger partial charge in [0.2, 0.25) is 0 Å². The predicted octanol–water partition coefficient (Wildman–Crippen LogP) is 0.239. The van der Waals surface area contributed by atoms with E-state index in [1.54, 1.807) is 5.38 Å². The number of thiazole rings is 1. The van der Waals surface area contributed by atoms with Gasteiger partial charge >= 0.3 is 5.97 Å². The zero-order valence-corrected chi connectivity index (χ0v) is 18.4. The molecular weight excluding hydrogens is 446 g/mol. The Morgan fingerprint density at radius 1 is 1.48 bits per heavy atom. The molecule has 1 aromatic heterocycles. The Kier molecular flexibility index (Phi) is 5.90. The Hall–Kier alpha value is -2.64. The normalized spacial score (nSPS) is 28.3. The third-order valence-electron chi connectivity index (χ3n) is 5.38. The first-order valence-corrected chi connectivity index (χ1v) is 11.4. The van der Waals surface area contributed by atoms with Crippen LogP contribution in [0.2, 0.25) is 0 Å². The first kappa shape index (κ1) is 21.6.